The third-order valence-electron chi connectivity index (χ3n) is 21.5. The van der Waals surface area contributed by atoms with Crippen molar-refractivity contribution in [3.63, 3.8) is 0 Å². The fourth-order valence-electron chi connectivity index (χ4n) is 17.7. The average molecular weight is 1360 g/mol. The van der Waals surface area contributed by atoms with Crippen LogP contribution in [-0.4, -0.2) is 207 Å². The van der Waals surface area contributed by atoms with Crippen LogP contribution >= 0.6 is 23.2 Å². The zero-order chi connectivity index (χ0) is 64.6. The number of aliphatic hydroxyl groups is 2. The molecular formula is C62H46Cl2Mg2O26. The van der Waals surface area contributed by atoms with Crippen LogP contribution in [0.15, 0.2) is 46.9 Å². The number of Topliss-reactive ketones (excluding diaryl/α,β-unsaturated/α-hetero) is 6. The standard InChI is InChI=1S/2C31H24ClO13.2Mg/c2*1-29-18-13-8(7-30(27(29)45-29)19(24(18)40)21(37)14-9(33)3-4-10(34)15(14)26(30)41)20(32)23(39)16-22(38)17-11(35)5-6-12(36)31(17,28(42)43-2)44-25(13)16;;/h2*3-4,12,18-19,24,27,33-36,39H,5-7H2,1-2H3;;/q2*-1;2*+2/p-2/t2*12?,18-,19?,24?,27+,29+,30+,31+;;/m11../s1/i1+1,3+1,5+1,7+1,10+1,12+1,13+1,14+1,16+1,17+1,18+1,19+1,20+1,26+1,27+1,28+1;5+1,7+1,10+1,12+1,13+1,14+1,16+1,17+1,19+1,20+1,26+1,27+1,29+1;;. The van der Waals surface area contributed by atoms with Crippen LogP contribution < -0.4 is 29.9 Å². The van der Waals surface area contributed by atoms with Crippen LogP contribution in [0.4, 0.5) is 0 Å². The Morgan fingerprint density at radius 3 is 1.20 bits per heavy atom. The van der Waals surface area contributed by atoms with Crippen molar-refractivity contribution in [3.8, 4) is 46.0 Å². The Balaban J connectivity index is 0.000000164. The van der Waals surface area contributed by atoms with Gasteiger partial charge in [-0.15, -0.1) is 23.7 Å². The molecule has 18 rings (SSSR count). The summed E-state index contributed by atoms with van der Waals surface area (Å²) in [6, 6.07) is 4.14. The molecule has 4 aromatic carbocycles. The molecule has 4 aliphatic heterocycles. The van der Waals surface area contributed by atoms with Crippen molar-refractivity contribution in [3.05, 3.63) is 113 Å². The molecule has 16 atom stereocenters. The van der Waals surface area contributed by atoms with Crippen LogP contribution in [0.5, 0.6) is 46.0 Å². The van der Waals surface area contributed by atoms with E-state index in [2.05, 4.69) is 0 Å². The number of rotatable bonds is 2. The van der Waals surface area contributed by atoms with Crippen molar-refractivity contribution in [2.24, 2.45) is 22.7 Å². The van der Waals surface area contributed by atoms with Gasteiger partial charge in [-0.3, -0.25) is 28.8 Å². The van der Waals surface area contributed by atoms with E-state index in [9.17, 15) is 99.6 Å². The number of hydrogen-bond acceptors (Lipinski definition) is 26. The number of benzene rings is 4. The first-order chi connectivity index (χ1) is 42.4. The molecule has 4 aromatic rings. The van der Waals surface area contributed by atoms with Crippen LogP contribution in [0.2, 0.25) is 10.0 Å². The Bertz CT molecular complexity index is 4080. The molecule has 4 fully saturated rings. The molecule has 2 saturated carbocycles. The van der Waals surface area contributed by atoms with Gasteiger partial charge in [-0.05, 0) is 87.8 Å². The van der Waals surface area contributed by atoms with Gasteiger partial charge in [0.05, 0.1) is 68.6 Å². The van der Waals surface area contributed by atoms with E-state index in [0.717, 1.165) is 38.5 Å². The molecule has 92 heavy (non-hydrogen) atoms. The van der Waals surface area contributed by atoms with Crippen LogP contribution in [0.25, 0.3) is 0 Å². The van der Waals surface area contributed by atoms with Crippen LogP contribution in [-0.2, 0) is 41.4 Å². The van der Waals surface area contributed by atoms with Crippen molar-refractivity contribution in [1.82, 2.24) is 0 Å². The molecule has 10 aliphatic carbocycles. The van der Waals surface area contributed by atoms with E-state index >= 15 is 0 Å². The van der Waals surface area contributed by atoms with Gasteiger partial charge in [0, 0.05) is 45.9 Å². The molecular weight excluding hydrogens is 1310 g/mol. The molecule has 0 amide bonds. The van der Waals surface area contributed by atoms with Gasteiger partial charge in [-0.25, -0.2) is 9.59 Å². The van der Waals surface area contributed by atoms with E-state index in [1.807, 2.05) is 0 Å². The predicted molar refractivity (Wildman–Crippen MR) is 297 cm³/mol. The number of phenolic OH excluding ortho intramolecular Hbond substituents is 6. The minimum Gasteiger partial charge on any atom is -0.875 e. The van der Waals surface area contributed by atoms with Gasteiger partial charge in [0.2, 0.25) is 0 Å². The molecule has 8 N–H and O–H groups in total. The van der Waals surface area contributed by atoms with E-state index in [1.165, 1.54) is 13.8 Å². The number of esters is 2. The topological polar surface area (TPSA) is 453 Å². The SMILES string of the molecule is COC(=O)[C@@]12Oc3[13c](c(O)[13c](Cl)c4[13c]3[C@@H]3C([O-])[13CH]5C(=O)[13c]6c(O)cc[13c](O)c6[13C](=O)[C@@]5([13CH2]4)[13C@H]4O[13C@@]34C)C(=O)[13C]1=C([O-])[13CH2]C[13CH]2O.CO[13C](=O)[C@@]12Oc3[13c](c(O)[13c](Cl)c4[13c]3[13C@@H]3C([O-])[13CH]5C(=O)[13c]6c(O)[13cH]c[13c](O)c6[13C](=O)[C@@]5([13CH2]4)[13C@H]4O[C@@]34[13CH3])C(=O)[13C]1=C([O-])[13CH2]C[13CH]2O.[Mg+2].[Mg+2]. The minimum absolute atomic E-state index is 0. The van der Waals surface area contributed by atoms with Crippen LogP contribution in [0.3, 0.4) is 0 Å². The van der Waals surface area contributed by atoms with Crippen molar-refractivity contribution in [1.29, 1.82) is 0 Å². The number of hydrogen-bond donors (Lipinski definition) is 8. The molecule has 26 nitrogen and oxygen atoms in total. The minimum atomic E-state index is -2.65. The van der Waals surface area contributed by atoms with E-state index in [0.29, 0.717) is 0 Å². The van der Waals surface area contributed by atoms with Gasteiger partial charge in [-0.1, -0.05) is 23.2 Å². The molecule has 0 aromatic heterocycles. The van der Waals surface area contributed by atoms with Gasteiger partial charge in [0.1, 0.15) is 81.5 Å². The number of carbonyl (C=O) groups is 8. The van der Waals surface area contributed by atoms with Gasteiger partial charge in [0.25, 0.3) is 11.2 Å². The Labute approximate surface area is 559 Å². The summed E-state index contributed by atoms with van der Waals surface area (Å²) in [5.74, 6) is -21.3. The van der Waals surface area contributed by atoms with Crippen molar-refractivity contribution in [2.45, 2.75) is 123 Å². The summed E-state index contributed by atoms with van der Waals surface area (Å²) in [4.78, 5) is 112. The number of fused-ring (bicyclic) bond motifs is 6. The smallest absolute Gasteiger partial charge is 0.875 e. The zero-order valence-electron chi connectivity index (χ0n) is 48.4. The molecule has 4 bridgehead atoms. The number of aliphatic hydroxyl groups excluding tert-OH is 2. The fourth-order valence-corrected chi connectivity index (χ4v) is 18.2. The van der Waals surface area contributed by atoms with Crippen molar-refractivity contribution < 1.29 is 128 Å². The molecule has 4 heterocycles. The number of methoxy groups -OCH3 is 2. The maximum atomic E-state index is 14.7. The monoisotopic (exact) mass is 1350 g/mol. The third-order valence-corrected chi connectivity index (χ3v) is 22.3. The Hall–Kier alpha value is -6.81. The van der Waals surface area contributed by atoms with Crippen LogP contribution in [0.1, 0.15) is 136 Å². The molecule has 6 unspecified atom stereocenters. The molecule has 30 heteroatoms. The molecule has 2 saturated heterocycles. The first kappa shape index (κ1) is 63.9. The first-order valence-electron chi connectivity index (χ1n) is 28.3. The Kier molecular flexibility index (Phi) is 13.8. The Morgan fingerprint density at radius 2 is 0.870 bits per heavy atom. The van der Waals surface area contributed by atoms with E-state index in [4.69, 9.17) is 51.6 Å². The number of epoxide rings is 2. The van der Waals surface area contributed by atoms with Crippen molar-refractivity contribution >= 4 is 116 Å². The number of phenols is 6. The van der Waals surface area contributed by atoms with E-state index in [-0.39, 0.29) is 94.0 Å². The number of halogens is 2. The predicted octanol–water partition coefficient (Wildman–Crippen LogP) is -0.893. The van der Waals surface area contributed by atoms with Crippen molar-refractivity contribution in [2.75, 3.05) is 14.2 Å². The number of ketones is 6. The zero-order valence-corrected chi connectivity index (χ0v) is 52.8. The summed E-state index contributed by atoms with van der Waals surface area (Å²) in [6.45, 7) is 3.06. The molecule has 468 valence electrons. The maximum Gasteiger partial charge on any atom is 2.00 e. The van der Waals surface area contributed by atoms with Crippen LogP contribution in [0, 0.1) is 22.7 Å². The second kappa shape index (κ2) is 19.9. The third kappa shape index (κ3) is 7.01. The number of aromatic hydroxyl groups is 6. The molecule has 14 aliphatic rings. The van der Waals surface area contributed by atoms with Gasteiger partial charge < -0.3 is 89.7 Å². The number of ether oxygens (including phenoxy) is 6. The first-order valence-corrected chi connectivity index (χ1v) is 29.1. The maximum absolute atomic E-state index is 14.7. The van der Waals surface area contributed by atoms with E-state index < -0.39 is 265 Å². The summed E-state index contributed by atoms with van der Waals surface area (Å²) in [6.07, 6.45) is -11.9. The summed E-state index contributed by atoms with van der Waals surface area (Å²) in [5, 5.41) is 142. The largest absolute Gasteiger partial charge is 2.00 e. The average Bonchev–Trinajstić information content (AvgIpc) is 1.46. The molecule has 2 spiro atoms. The summed E-state index contributed by atoms with van der Waals surface area (Å²) >= 11 is 13.4. The summed E-state index contributed by atoms with van der Waals surface area (Å²) < 4.78 is 34.3. The van der Waals surface area contributed by atoms with Gasteiger partial charge in [-0.2, -0.15) is 0 Å². The summed E-state index contributed by atoms with van der Waals surface area (Å²) in [7, 11) is 1.93. The number of carbonyl (C=O) groups excluding carboxylic acids is 8. The van der Waals surface area contributed by atoms with Gasteiger partial charge in [0.15, 0.2) is 34.7 Å². The number of allylic oxidation sites excluding steroid dienone is 2. The second-order valence-corrected chi connectivity index (χ2v) is 26.0. The normalized spacial score (nSPS) is 36.1. The fraction of sp³-hybridized carbons (Fsp3) is 0.419. The molecule has 0 radical (unpaired) electrons. The summed E-state index contributed by atoms with van der Waals surface area (Å²) in [5.41, 5.74) is -17.3. The second-order valence-electron chi connectivity index (χ2n) is 25.3. The van der Waals surface area contributed by atoms with E-state index in [1.54, 1.807) is 0 Å². The Morgan fingerprint density at radius 1 is 0.543 bits per heavy atom. The van der Waals surface area contributed by atoms with Gasteiger partial charge >= 0.3 is 58.0 Å². The quantitative estimate of drug-likeness (QED) is 0.0397.